The van der Waals surface area contributed by atoms with E-state index in [1.54, 1.807) is 12.1 Å². The molecule has 2 aliphatic heterocycles. The first-order valence-corrected chi connectivity index (χ1v) is 10.4. The number of morpholine rings is 1. The van der Waals surface area contributed by atoms with Gasteiger partial charge in [0.2, 0.25) is 11.9 Å². The van der Waals surface area contributed by atoms with Crippen molar-refractivity contribution >= 4 is 29.1 Å². The minimum absolute atomic E-state index is 0.101. The minimum Gasteiger partial charge on any atom is -0.391 e. The molecule has 168 valence electrons. The van der Waals surface area contributed by atoms with Gasteiger partial charge >= 0.3 is 0 Å². The minimum atomic E-state index is -0.416. The van der Waals surface area contributed by atoms with E-state index in [0.29, 0.717) is 44.4 Å². The van der Waals surface area contributed by atoms with E-state index in [1.165, 1.54) is 17.1 Å². The Kier molecular flexibility index (Phi) is 5.45. The zero-order valence-corrected chi connectivity index (χ0v) is 17.4. The smallest absolute Gasteiger partial charge is 0.248 e. The molecule has 0 bridgehead atoms. The first-order chi connectivity index (χ1) is 15.6. The summed E-state index contributed by atoms with van der Waals surface area (Å²) in [6, 6.07) is 6.70. The SMILES string of the molecule is Nc1nc(Nc2ccc(N3CCOCC3)cc2F)nn1-c1cc(N2CCC(O)C2)ncn1. The number of aliphatic hydroxyl groups is 1. The van der Waals surface area contributed by atoms with Crippen molar-refractivity contribution in [3.8, 4) is 5.82 Å². The molecule has 0 aliphatic carbocycles. The molecule has 1 unspecified atom stereocenters. The number of rotatable bonds is 5. The van der Waals surface area contributed by atoms with Crippen LogP contribution in [0.2, 0.25) is 0 Å². The first-order valence-electron chi connectivity index (χ1n) is 10.4. The molecular formula is C20H24FN9O2. The van der Waals surface area contributed by atoms with Crippen molar-refractivity contribution in [3.05, 3.63) is 36.4 Å². The van der Waals surface area contributed by atoms with Crippen LogP contribution in [-0.2, 0) is 4.74 Å². The Morgan fingerprint density at radius 2 is 1.91 bits per heavy atom. The van der Waals surface area contributed by atoms with Crippen molar-refractivity contribution in [2.75, 3.05) is 60.2 Å². The van der Waals surface area contributed by atoms with E-state index in [2.05, 4.69) is 30.3 Å². The molecule has 3 aromatic rings. The van der Waals surface area contributed by atoms with Crippen LogP contribution in [0, 0.1) is 5.82 Å². The van der Waals surface area contributed by atoms with Crippen molar-refractivity contribution < 1.29 is 14.2 Å². The van der Waals surface area contributed by atoms with Gasteiger partial charge in [-0.2, -0.15) is 9.67 Å². The van der Waals surface area contributed by atoms with E-state index in [4.69, 9.17) is 10.5 Å². The van der Waals surface area contributed by atoms with Gasteiger partial charge in [-0.3, -0.25) is 0 Å². The van der Waals surface area contributed by atoms with Gasteiger partial charge < -0.3 is 30.7 Å². The molecule has 4 N–H and O–H groups in total. The summed E-state index contributed by atoms with van der Waals surface area (Å²) in [7, 11) is 0. The van der Waals surface area contributed by atoms with Crippen molar-refractivity contribution in [1.29, 1.82) is 0 Å². The van der Waals surface area contributed by atoms with Crippen molar-refractivity contribution in [2.24, 2.45) is 0 Å². The summed E-state index contributed by atoms with van der Waals surface area (Å²) >= 11 is 0. The maximum atomic E-state index is 14.7. The number of aromatic nitrogens is 5. The number of halogens is 1. The summed E-state index contributed by atoms with van der Waals surface area (Å²) in [5.41, 5.74) is 7.08. The number of nitrogen functional groups attached to an aromatic ring is 1. The van der Waals surface area contributed by atoms with Crippen LogP contribution in [0.1, 0.15) is 6.42 Å². The summed E-state index contributed by atoms with van der Waals surface area (Å²) in [4.78, 5) is 16.7. The van der Waals surface area contributed by atoms with Crippen LogP contribution in [0.5, 0.6) is 0 Å². The van der Waals surface area contributed by atoms with Crippen LogP contribution in [0.4, 0.5) is 33.5 Å². The highest BCUT2D eigenvalue weighted by Crippen LogP contribution is 2.26. The number of nitrogens with two attached hydrogens (primary N) is 1. The number of anilines is 5. The topological polar surface area (TPSA) is 130 Å². The molecule has 0 radical (unpaired) electrons. The number of nitrogens with zero attached hydrogens (tertiary/aromatic N) is 7. The molecule has 5 rings (SSSR count). The lowest BCUT2D eigenvalue weighted by Gasteiger charge is -2.29. The number of ether oxygens (including phenoxy) is 1. The van der Waals surface area contributed by atoms with Crippen LogP contribution >= 0.6 is 0 Å². The Morgan fingerprint density at radius 1 is 1.09 bits per heavy atom. The maximum absolute atomic E-state index is 14.7. The van der Waals surface area contributed by atoms with Gasteiger partial charge in [-0.1, -0.05) is 0 Å². The third kappa shape index (κ3) is 4.14. The lowest BCUT2D eigenvalue weighted by Crippen LogP contribution is -2.36. The molecule has 11 nitrogen and oxygen atoms in total. The van der Waals surface area contributed by atoms with Crippen LogP contribution in [0.3, 0.4) is 0 Å². The summed E-state index contributed by atoms with van der Waals surface area (Å²) in [6.45, 7) is 3.93. The first kappa shape index (κ1) is 20.4. The maximum Gasteiger partial charge on any atom is 0.248 e. The highest BCUT2D eigenvalue weighted by molar-refractivity contribution is 5.61. The molecule has 2 saturated heterocycles. The fourth-order valence-corrected chi connectivity index (χ4v) is 3.87. The molecule has 0 saturated carbocycles. The van der Waals surface area contributed by atoms with Crippen LogP contribution in [0.15, 0.2) is 30.6 Å². The predicted octanol–water partition coefficient (Wildman–Crippen LogP) is 0.930. The molecule has 32 heavy (non-hydrogen) atoms. The predicted molar refractivity (Wildman–Crippen MR) is 117 cm³/mol. The standard InChI is InChI=1S/C20H24FN9O2/c21-15-9-13(28-5-7-32-8-6-28)1-2-16(15)25-20-26-19(22)30(27-20)18-10-17(23-12-24-18)29-4-3-14(31)11-29/h1-2,9-10,12,14,31H,3-8,11H2,(H3,22,25,26,27). The highest BCUT2D eigenvalue weighted by atomic mass is 19.1. The van der Waals surface area contributed by atoms with Gasteiger partial charge in [-0.05, 0) is 24.6 Å². The summed E-state index contributed by atoms with van der Waals surface area (Å²) in [5.74, 6) is 0.931. The second-order valence-corrected chi connectivity index (χ2v) is 7.72. The van der Waals surface area contributed by atoms with Gasteiger partial charge in [0.15, 0.2) is 5.82 Å². The van der Waals surface area contributed by atoms with Gasteiger partial charge in [0.1, 0.15) is 18.0 Å². The second kappa shape index (κ2) is 8.55. The molecule has 2 aromatic heterocycles. The van der Waals surface area contributed by atoms with Crippen LogP contribution in [-0.4, -0.2) is 75.3 Å². The zero-order valence-electron chi connectivity index (χ0n) is 17.4. The van der Waals surface area contributed by atoms with E-state index in [9.17, 15) is 9.50 Å². The van der Waals surface area contributed by atoms with E-state index < -0.39 is 5.82 Å². The number of benzene rings is 1. The van der Waals surface area contributed by atoms with Crippen LogP contribution in [0.25, 0.3) is 5.82 Å². The highest BCUT2D eigenvalue weighted by Gasteiger charge is 2.22. The molecule has 0 amide bonds. The zero-order chi connectivity index (χ0) is 22.1. The molecule has 0 spiro atoms. The van der Waals surface area contributed by atoms with E-state index in [-0.39, 0.29) is 23.7 Å². The second-order valence-electron chi connectivity index (χ2n) is 7.72. The Morgan fingerprint density at radius 3 is 2.66 bits per heavy atom. The summed E-state index contributed by atoms with van der Waals surface area (Å²) < 4.78 is 21.4. The number of nitrogens with one attached hydrogen (secondary N) is 1. The van der Waals surface area contributed by atoms with E-state index in [0.717, 1.165) is 18.8 Å². The number of hydrogen-bond acceptors (Lipinski definition) is 10. The Hall–Kier alpha value is -3.51. The van der Waals surface area contributed by atoms with Crippen molar-refractivity contribution in [1.82, 2.24) is 24.7 Å². The Bertz CT molecular complexity index is 1100. The van der Waals surface area contributed by atoms with E-state index >= 15 is 0 Å². The van der Waals surface area contributed by atoms with E-state index in [1.807, 2.05) is 11.0 Å². The number of hydrogen-bond donors (Lipinski definition) is 3. The van der Waals surface area contributed by atoms with Gasteiger partial charge in [0.25, 0.3) is 0 Å². The fraction of sp³-hybridized carbons (Fsp3) is 0.400. The average Bonchev–Trinajstić information content (AvgIpc) is 3.41. The molecule has 1 aromatic carbocycles. The van der Waals surface area contributed by atoms with Crippen molar-refractivity contribution in [2.45, 2.75) is 12.5 Å². The Labute approximate surface area is 183 Å². The summed E-state index contributed by atoms with van der Waals surface area (Å²) in [5, 5.41) is 17.0. The number of aliphatic hydroxyl groups excluding tert-OH is 1. The lowest BCUT2D eigenvalue weighted by molar-refractivity contribution is 0.122. The monoisotopic (exact) mass is 441 g/mol. The molecular weight excluding hydrogens is 417 g/mol. The van der Waals surface area contributed by atoms with Gasteiger partial charge in [-0.25, -0.2) is 14.4 Å². The molecule has 12 heteroatoms. The lowest BCUT2D eigenvalue weighted by atomic mass is 10.2. The Balaban J connectivity index is 1.34. The largest absolute Gasteiger partial charge is 0.391 e. The third-order valence-corrected chi connectivity index (χ3v) is 5.55. The van der Waals surface area contributed by atoms with Gasteiger partial charge in [0.05, 0.1) is 25.0 Å². The quantitative estimate of drug-likeness (QED) is 0.525. The molecule has 1 atom stereocenters. The normalized spacial score (nSPS) is 18.9. The summed E-state index contributed by atoms with van der Waals surface area (Å²) in [6.07, 6.45) is 1.73. The molecule has 2 fully saturated rings. The molecule has 4 heterocycles. The van der Waals surface area contributed by atoms with Gasteiger partial charge in [-0.15, -0.1) is 5.10 Å². The number of β-amino-alcohol motifs (C(OH)–C–C–N with tert-alkyl or cyclic N) is 1. The van der Waals surface area contributed by atoms with Gasteiger partial charge in [0, 0.05) is 37.9 Å². The van der Waals surface area contributed by atoms with Crippen molar-refractivity contribution in [3.63, 3.8) is 0 Å². The average molecular weight is 441 g/mol. The molecule has 2 aliphatic rings. The van der Waals surface area contributed by atoms with Crippen LogP contribution < -0.4 is 20.9 Å². The fourth-order valence-electron chi connectivity index (χ4n) is 3.87. The third-order valence-electron chi connectivity index (χ3n) is 5.55.